The van der Waals surface area contributed by atoms with Crippen LogP contribution in [0.15, 0.2) is 11.6 Å². The maximum atomic E-state index is 11.1. The number of carbonyl (C=O) groups excluding carboxylic acids is 2. The molecule has 0 fully saturated rings. The first-order chi connectivity index (χ1) is 9.51. The number of esters is 2. The van der Waals surface area contributed by atoms with Crippen molar-refractivity contribution in [2.24, 2.45) is 0 Å². The van der Waals surface area contributed by atoms with Gasteiger partial charge in [0.2, 0.25) is 0 Å². The Morgan fingerprint density at radius 1 is 0.950 bits per heavy atom. The second-order valence-electron chi connectivity index (χ2n) is 4.89. The molecule has 0 aromatic carbocycles. The van der Waals surface area contributed by atoms with Crippen LogP contribution in [-0.2, 0) is 19.1 Å². The summed E-state index contributed by atoms with van der Waals surface area (Å²) in [5, 5.41) is 0. The summed E-state index contributed by atoms with van der Waals surface area (Å²) < 4.78 is 10.1. The largest absolute Gasteiger partial charge is 0.421 e. The van der Waals surface area contributed by atoms with Gasteiger partial charge in [-0.15, -0.1) is 0 Å². The van der Waals surface area contributed by atoms with Crippen LogP contribution in [0.5, 0.6) is 0 Å². The molecule has 116 valence electrons. The van der Waals surface area contributed by atoms with Crippen LogP contribution in [0.25, 0.3) is 0 Å². The monoisotopic (exact) mass is 284 g/mol. The van der Waals surface area contributed by atoms with Gasteiger partial charge in [-0.05, 0) is 19.3 Å². The van der Waals surface area contributed by atoms with E-state index in [0.717, 1.165) is 18.4 Å². The highest BCUT2D eigenvalue weighted by Gasteiger charge is 2.18. The third-order valence-electron chi connectivity index (χ3n) is 2.97. The molecule has 0 aliphatic carbocycles. The minimum Gasteiger partial charge on any atom is -0.421 e. The van der Waals surface area contributed by atoms with E-state index in [1.54, 1.807) is 0 Å². The van der Waals surface area contributed by atoms with E-state index in [4.69, 9.17) is 9.47 Å². The molecule has 0 N–H and O–H groups in total. The average Bonchev–Trinajstić information content (AvgIpc) is 2.36. The topological polar surface area (TPSA) is 52.6 Å². The molecule has 0 saturated heterocycles. The van der Waals surface area contributed by atoms with Crippen molar-refractivity contribution in [1.82, 2.24) is 0 Å². The van der Waals surface area contributed by atoms with E-state index in [1.807, 2.05) is 13.0 Å². The molecule has 0 amide bonds. The van der Waals surface area contributed by atoms with Gasteiger partial charge >= 0.3 is 11.9 Å². The number of hydrogen-bond donors (Lipinski definition) is 0. The Kier molecular flexibility index (Phi) is 10.7. The summed E-state index contributed by atoms with van der Waals surface area (Å²) in [6.07, 6.45) is 8.84. The Morgan fingerprint density at radius 3 is 1.95 bits per heavy atom. The van der Waals surface area contributed by atoms with Crippen LogP contribution in [0.2, 0.25) is 0 Å². The Morgan fingerprint density at radius 2 is 1.50 bits per heavy atom. The number of ether oxygens (including phenoxy) is 2. The minimum absolute atomic E-state index is 0.446. The van der Waals surface area contributed by atoms with Crippen LogP contribution in [0.1, 0.15) is 72.6 Å². The highest BCUT2D eigenvalue weighted by atomic mass is 16.7. The third-order valence-corrected chi connectivity index (χ3v) is 2.97. The molecule has 0 aromatic rings. The highest BCUT2D eigenvalue weighted by Crippen LogP contribution is 2.16. The number of unbranched alkanes of at least 4 members (excludes halogenated alkanes) is 5. The van der Waals surface area contributed by atoms with Crippen LogP contribution >= 0.6 is 0 Å². The van der Waals surface area contributed by atoms with Crippen molar-refractivity contribution in [2.45, 2.75) is 78.9 Å². The summed E-state index contributed by atoms with van der Waals surface area (Å²) in [7, 11) is 0. The molecule has 0 bridgehead atoms. The van der Waals surface area contributed by atoms with Gasteiger partial charge in [0.05, 0.1) is 0 Å². The Balaban J connectivity index is 4.39. The number of rotatable bonds is 10. The summed E-state index contributed by atoms with van der Waals surface area (Å²) in [4.78, 5) is 22.1. The van der Waals surface area contributed by atoms with Gasteiger partial charge in [-0.1, -0.05) is 45.6 Å². The molecule has 0 heterocycles. The van der Waals surface area contributed by atoms with Crippen LogP contribution in [-0.4, -0.2) is 18.2 Å². The van der Waals surface area contributed by atoms with Gasteiger partial charge in [-0.2, -0.15) is 0 Å². The molecule has 0 aliphatic heterocycles. The highest BCUT2D eigenvalue weighted by molar-refractivity contribution is 5.68. The van der Waals surface area contributed by atoms with Crippen LogP contribution in [0.4, 0.5) is 0 Å². The van der Waals surface area contributed by atoms with E-state index in [9.17, 15) is 9.59 Å². The maximum Gasteiger partial charge on any atom is 0.305 e. The van der Waals surface area contributed by atoms with E-state index in [2.05, 4.69) is 6.92 Å². The van der Waals surface area contributed by atoms with Crippen LogP contribution in [0, 0.1) is 0 Å². The first-order valence-electron chi connectivity index (χ1n) is 7.54. The van der Waals surface area contributed by atoms with Gasteiger partial charge in [0.15, 0.2) is 0 Å². The number of hydrogen-bond acceptors (Lipinski definition) is 4. The third kappa shape index (κ3) is 9.59. The molecule has 20 heavy (non-hydrogen) atoms. The lowest BCUT2D eigenvalue weighted by molar-refractivity contribution is -0.178. The minimum atomic E-state index is -0.870. The SMILES string of the molecule is CCCCCCC/C=C(\CC)C(OC(C)=O)OC(C)=O. The maximum absolute atomic E-state index is 11.1. The molecule has 0 unspecified atom stereocenters. The van der Waals surface area contributed by atoms with Gasteiger partial charge in [0, 0.05) is 19.4 Å². The molecule has 0 aromatic heterocycles. The van der Waals surface area contributed by atoms with Crippen molar-refractivity contribution in [3.8, 4) is 0 Å². The zero-order valence-electron chi connectivity index (χ0n) is 13.2. The zero-order valence-corrected chi connectivity index (χ0v) is 13.2. The fourth-order valence-electron chi connectivity index (χ4n) is 1.92. The van der Waals surface area contributed by atoms with Gasteiger partial charge in [0.25, 0.3) is 6.29 Å². The summed E-state index contributed by atoms with van der Waals surface area (Å²) in [6, 6.07) is 0. The standard InChI is InChI=1S/C16H28O4/c1-5-7-8-9-10-11-12-15(6-2)16(19-13(3)17)20-14(4)18/h12,16H,5-11H2,1-4H3/b15-12+. The Labute approximate surface area is 122 Å². The van der Waals surface area contributed by atoms with Crippen molar-refractivity contribution >= 4 is 11.9 Å². The second-order valence-corrected chi connectivity index (χ2v) is 4.89. The zero-order chi connectivity index (χ0) is 15.4. The van der Waals surface area contributed by atoms with Gasteiger partial charge in [0.1, 0.15) is 0 Å². The smallest absolute Gasteiger partial charge is 0.305 e. The van der Waals surface area contributed by atoms with Crippen molar-refractivity contribution in [3.63, 3.8) is 0 Å². The predicted molar refractivity (Wildman–Crippen MR) is 79.1 cm³/mol. The molecule has 0 rings (SSSR count). The van der Waals surface area contributed by atoms with Crippen molar-refractivity contribution in [1.29, 1.82) is 0 Å². The molecule has 0 radical (unpaired) electrons. The molecule has 0 atom stereocenters. The number of allylic oxidation sites excluding steroid dienone is 1. The van der Waals surface area contributed by atoms with Gasteiger partial charge < -0.3 is 9.47 Å². The second kappa shape index (κ2) is 11.5. The summed E-state index contributed by atoms with van der Waals surface area (Å²) in [5.74, 6) is -0.892. The molecule has 0 aliphatic rings. The Bertz CT molecular complexity index is 304. The summed E-state index contributed by atoms with van der Waals surface area (Å²) in [5.41, 5.74) is 0.853. The van der Waals surface area contributed by atoms with E-state index in [-0.39, 0.29) is 0 Å². The lowest BCUT2D eigenvalue weighted by Gasteiger charge is -2.19. The number of carbonyl (C=O) groups is 2. The van der Waals surface area contributed by atoms with E-state index in [1.165, 1.54) is 39.5 Å². The summed E-state index contributed by atoms with van der Waals surface area (Å²) >= 11 is 0. The van der Waals surface area contributed by atoms with E-state index in [0.29, 0.717) is 6.42 Å². The van der Waals surface area contributed by atoms with Gasteiger partial charge in [-0.25, -0.2) is 0 Å². The van der Waals surface area contributed by atoms with Crippen molar-refractivity contribution in [2.75, 3.05) is 0 Å². The van der Waals surface area contributed by atoms with Crippen LogP contribution in [0.3, 0.4) is 0 Å². The fraction of sp³-hybridized carbons (Fsp3) is 0.750. The average molecular weight is 284 g/mol. The predicted octanol–water partition coefficient (Wildman–Crippen LogP) is 4.14. The normalized spacial score (nSPS) is 11.6. The van der Waals surface area contributed by atoms with Crippen molar-refractivity contribution < 1.29 is 19.1 Å². The molecular formula is C16H28O4. The fourth-order valence-corrected chi connectivity index (χ4v) is 1.92. The lowest BCUT2D eigenvalue weighted by Crippen LogP contribution is -2.24. The molecule has 0 saturated carbocycles. The van der Waals surface area contributed by atoms with Crippen LogP contribution < -0.4 is 0 Å². The molecule has 4 heteroatoms. The molecular weight excluding hydrogens is 256 g/mol. The first kappa shape index (κ1) is 18.7. The van der Waals surface area contributed by atoms with Gasteiger partial charge in [-0.3, -0.25) is 9.59 Å². The lowest BCUT2D eigenvalue weighted by atomic mass is 10.1. The van der Waals surface area contributed by atoms with Crippen molar-refractivity contribution in [3.05, 3.63) is 11.6 Å². The first-order valence-corrected chi connectivity index (χ1v) is 7.54. The molecule has 0 spiro atoms. The van der Waals surface area contributed by atoms with E-state index >= 15 is 0 Å². The summed E-state index contributed by atoms with van der Waals surface area (Å²) in [6.45, 7) is 6.78. The molecule has 4 nitrogen and oxygen atoms in total. The Hall–Kier alpha value is -1.32. The quantitative estimate of drug-likeness (QED) is 0.262. The van der Waals surface area contributed by atoms with E-state index < -0.39 is 18.2 Å².